The summed E-state index contributed by atoms with van der Waals surface area (Å²) in [7, 11) is 0. The average molecular weight is 281 g/mol. The summed E-state index contributed by atoms with van der Waals surface area (Å²) in [5.74, 6) is -0.364. The third-order valence-electron chi connectivity index (χ3n) is 3.87. The van der Waals surface area contributed by atoms with Crippen molar-refractivity contribution in [2.45, 2.75) is 18.9 Å². The Bertz CT molecular complexity index is 765. The maximum atomic E-state index is 13.1. The molecule has 3 rings (SSSR count). The fourth-order valence-corrected chi connectivity index (χ4v) is 2.64. The van der Waals surface area contributed by atoms with Gasteiger partial charge in [-0.15, -0.1) is 0 Å². The summed E-state index contributed by atoms with van der Waals surface area (Å²) in [6.45, 7) is 2.00. The van der Waals surface area contributed by atoms with Crippen molar-refractivity contribution in [1.82, 2.24) is 9.97 Å². The topological polar surface area (TPSA) is 51.8 Å². The zero-order valence-corrected chi connectivity index (χ0v) is 11.8. The molecule has 1 aromatic carbocycles. The summed E-state index contributed by atoms with van der Waals surface area (Å²) in [4.78, 5) is 8.55. The predicted octanol–water partition coefficient (Wildman–Crippen LogP) is 3.38. The number of nitrogens with two attached hydrogens (primary N) is 1. The normalized spacial score (nSPS) is 14.0. The van der Waals surface area contributed by atoms with E-state index < -0.39 is 5.54 Å². The van der Waals surface area contributed by atoms with Crippen molar-refractivity contribution in [3.63, 3.8) is 0 Å². The molecule has 1 unspecified atom stereocenters. The summed E-state index contributed by atoms with van der Waals surface area (Å²) in [5, 5.41) is 0.996. The van der Waals surface area contributed by atoms with Crippen molar-refractivity contribution in [3.05, 3.63) is 71.9 Å². The third kappa shape index (κ3) is 2.28. The highest BCUT2D eigenvalue weighted by Crippen LogP contribution is 2.33. The van der Waals surface area contributed by atoms with Gasteiger partial charge in [0.05, 0.1) is 22.9 Å². The smallest absolute Gasteiger partial charge is 0.141 e. The number of benzene rings is 1. The van der Waals surface area contributed by atoms with Crippen LogP contribution in [-0.2, 0) is 5.54 Å². The molecule has 0 bridgehead atoms. The van der Waals surface area contributed by atoms with Crippen LogP contribution in [0.3, 0.4) is 0 Å². The van der Waals surface area contributed by atoms with E-state index in [0.29, 0.717) is 12.1 Å². The van der Waals surface area contributed by atoms with Gasteiger partial charge in [0.2, 0.25) is 0 Å². The van der Waals surface area contributed by atoms with Crippen molar-refractivity contribution in [2.75, 3.05) is 0 Å². The maximum Gasteiger partial charge on any atom is 0.141 e. The molecule has 21 heavy (non-hydrogen) atoms. The standard InChI is InChI=1S/C17H16FN3/c1-2-17(19,16-9-8-12(18)11-21-16)14-6-3-7-15-13(14)5-4-10-20-15/h3-11H,2,19H2,1H3. The number of nitrogens with zero attached hydrogens (tertiary/aromatic N) is 2. The lowest BCUT2D eigenvalue weighted by molar-refractivity contribution is 0.502. The van der Waals surface area contributed by atoms with Gasteiger partial charge in [-0.1, -0.05) is 25.1 Å². The molecule has 2 N–H and O–H groups in total. The molecule has 0 amide bonds. The predicted molar refractivity (Wildman–Crippen MR) is 81.2 cm³/mol. The minimum atomic E-state index is -0.768. The first-order valence-electron chi connectivity index (χ1n) is 6.90. The van der Waals surface area contributed by atoms with Crippen LogP contribution in [0.5, 0.6) is 0 Å². The highest BCUT2D eigenvalue weighted by Gasteiger charge is 2.30. The van der Waals surface area contributed by atoms with Gasteiger partial charge in [0, 0.05) is 11.6 Å². The van der Waals surface area contributed by atoms with Crippen LogP contribution in [0.15, 0.2) is 54.9 Å². The Balaban J connectivity index is 2.24. The summed E-state index contributed by atoms with van der Waals surface area (Å²) in [5.41, 5.74) is 8.37. The highest BCUT2D eigenvalue weighted by atomic mass is 19.1. The van der Waals surface area contributed by atoms with Gasteiger partial charge in [0.15, 0.2) is 0 Å². The molecular formula is C17H16FN3. The number of hydrogen-bond acceptors (Lipinski definition) is 3. The van der Waals surface area contributed by atoms with Gasteiger partial charge in [-0.25, -0.2) is 4.39 Å². The highest BCUT2D eigenvalue weighted by molar-refractivity contribution is 5.83. The summed E-state index contributed by atoms with van der Waals surface area (Å²) >= 11 is 0. The van der Waals surface area contributed by atoms with Crippen molar-refractivity contribution < 1.29 is 4.39 Å². The molecular weight excluding hydrogens is 265 g/mol. The van der Waals surface area contributed by atoms with Crippen LogP contribution >= 0.6 is 0 Å². The van der Waals surface area contributed by atoms with Crippen LogP contribution in [0.1, 0.15) is 24.6 Å². The molecule has 0 saturated carbocycles. The first-order valence-corrected chi connectivity index (χ1v) is 6.90. The lowest BCUT2D eigenvalue weighted by Gasteiger charge is -2.29. The van der Waals surface area contributed by atoms with Gasteiger partial charge < -0.3 is 5.73 Å². The van der Waals surface area contributed by atoms with Gasteiger partial charge in [-0.05, 0) is 36.2 Å². The molecule has 2 aromatic heterocycles. The van der Waals surface area contributed by atoms with Crippen LogP contribution in [0.2, 0.25) is 0 Å². The van der Waals surface area contributed by atoms with Crippen molar-refractivity contribution in [2.24, 2.45) is 5.73 Å². The number of rotatable bonds is 3. The first-order chi connectivity index (χ1) is 10.1. The zero-order valence-electron chi connectivity index (χ0n) is 11.8. The summed E-state index contributed by atoms with van der Waals surface area (Å²) < 4.78 is 13.1. The molecule has 0 radical (unpaired) electrons. The second kappa shape index (κ2) is 5.22. The van der Waals surface area contributed by atoms with E-state index in [1.807, 2.05) is 37.3 Å². The second-order valence-electron chi connectivity index (χ2n) is 5.06. The summed E-state index contributed by atoms with van der Waals surface area (Å²) in [6.07, 6.45) is 3.61. The van der Waals surface area contributed by atoms with E-state index >= 15 is 0 Å². The number of pyridine rings is 2. The van der Waals surface area contributed by atoms with Gasteiger partial charge in [0.25, 0.3) is 0 Å². The Hall–Kier alpha value is -2.33. The molecule has 0 aliphatic carbocycles. The fraction of sp³-hybridized carbons (Fsp3) is 0.176. The number of aromatic nitrogens is 2. The molecule has 0 saturated heterocycles. The quantitative estimate of drug-likeness (QED) is 0.800. The second-order valence-corrected chi connectivity index (χ2v) is 5.06. The molecule has 0 aliphatic rings. The van der Waals surface area contributed by atoms with Gasteiger partial charge in [-0.3, -0.25) is 9.97 Å². The van der Waals surface area contributed by atoms with Crippen LogP contribution in [0.4, 0.5) is 4.39 Å². The van der Waals surface area contributed by atoms with E-state index in [9.17, 15) is 4.39 Å². The van der Waals surface area contributed by atoms with Crippen molar-refractivity contribution >= 4 is 10.9 Å². The van der Waals surface area contributed by atoms with E-state index in [2.05, 4.69) is 9.97 Å². The molecule has 0 spiro atoms. The molecule has 1 atom stereocenters. The molecule has 106 valence electrons. The van der Waals surface area contributed by atoms with Gasteiger partial charge in [0.1, 0.15) is 5.82 Å². The Morgan fingerprint density at radius 1 is 1.10 bits per heavy atom. The molecule has 3 aromatic rings. The van der Waals surface area contributed by atoms with Crippen LogP contribution in [0, 0.1) is 5.82 Å². The lowest BCUT2D eigenvalue weighted by atomic mass is 9.82. The molecule has 2 heterocycles. The van der Waals surface area contributed by atoms with Crippen LogP contribution in [-0.4, -0.2) is 9.97 Å². The number of halogens is 1. The van der Waals surface area contributed by atoms with Crippen molar-refractivity contribution in [3.8, 4) is 0 Å². The Morgan fingerprint density at radius 3 is 2.67 bits per heavy atom. The number of fused-ring (bicyclic) bond motifs is 1. The van der Waals surface area contributed by atoms with Crippen molar-refractivity contribution in [1.29, 1.82) is 0 Å². The Morgan fingerprint density at radius 2 is 1.95 bits per heavy atom. The molecule has 4 heteroatoms. The molecule has 0 fully saturated rings. The molecule has 0 aliphatic heterocycles. The first kappa shape index (κ1) is 13.6. The van der Waals surface area contributed by atoms with Crippen LogP contribution < -0.4 is 5.73 Å². The molecule has 3 nitrogen and oxygen atoms in total. The largest absolute Gasteiger partial charge is 0.316 e. The van der Waals surface area contributed by atoms with Gasteiger partial charge in [-0.2, -0.15) is 0 Å². The monoisotopic (exact) mass is 281 g/mol. The van der Waals surface area contributed by atoms with E-state index in [1.54, 1.807) is 12.3 Å². The van der Waals surface area contributed by atoms with E-state index in [-0.39, 0.29) is 5.82 Å². The van der Waals surface area contributed by atoms with E-state index in [1.165, 1.54) is 12.3 Å². The lowest BCUT2D eigenvalue weighted by Crippen LogP contribution is -2.38. The Labute approximate surface area is 122 Å². The minimum absolute atomic E-state index is 0.364. The minimum Gasteiger partial charge on any atom is -0.316 e. The Kier molecular flexibility index (Phi) is 3.39. The average Bonchev–Trinajstić information content (AvgIpc) is 2.54. The third-order valence-corrected chi connectivity index (χ3v) is 3.87. The van der Waals surface area contributed by atoms with E-state index in [4.69, 9.17) is 5.73 Å². The fourth-order valence-electron chi connectivity index (χ4n) is 2.64. The van der Waals surface area contributed by atoms with Crippen LogP contribution in [0.25, 0.3) is 10.9 Å². The van der Waals surface area contributed by atoms with Gasteiger partial charge >= 0.3 is 0 Å². The summed E-state index contributed by atoms with van der Waals surface area (Å²) in [6, 6.07) is 12.8. The number of hydrogen-bond donors (Lipinski definition) is 1. The SMILES string of the molecule is CCC(N)(c1ccc(F)cn1)c1cccc2ncccc12. The maximum absolute atomic E-state index is 13.1. The zero-order chi connectivity index (χ0) is 14.9. The van der Waals surface area contributed by atoms with E-state index in [0.717, 1.165) is 16.5 Å².